The van der Waals surface area contributed by atoms with Gasteiger partial charge in [-0.1, -0.05) is 26.0 Å². The number of hydrogen-bond acceptors (Lipinski definition) is 5. The first-order valence-electron chi connectivity index (χ1n) is 9.34. The molecule has 29 heavy (non-hydrogen) atoms. The second-order valence-corrected chi connectivity index (χ2v) is 8.77. The third-order valence-electron chi connectivity index (χ3n) is 4.15. The van der Waals surface area contributed by atoms with Gasteiger partial charge in [0, 0.05) is 18.8 Å². The summed E-state index contributed by atoms with van der Waals surface area (Å²) in [5.74, 6) is 1.42. The average Bonchev–Trinajstić information content (AvgIpc) is 2.65. The number of nitrogens with zero attached hydrogens (tertiary/aromatic N) is 1. The quantitative estimate of drug-likeness (QED) is 0.617. The van der Waals surface area contributed by atoms with E-state index >= 15 is 0 Å². The van der Waals surface area contributed by atoms with Crippen LogP contribution in [0.5, 0.6) is 11.5 Å². The molecule has 0 aliphatic heterocycles. The fourth-order valence-electron chi connectivity index (χ4n) is 2.59. The predicted molar refractivity (Wildman–Crippen MR) is 114 cm³/mol. The summed E-state index contributed by atoms with van der Waals surface area (Å²) in [4.78, 5) is 14.6. The highest BCUT2D eigenvalue weighted by molar-refractivity contribution is 7.86. The van der Waals surface area contributed by atoms with Crippen molar-refractivity contribution in [3.05, 3.63) is 54.1 Å². The summed E-state index contributed by atoms with van der Waals surface area (Å²) in [5.41, 5.74) is 1.56. The Kier molecular flexibility index (Phi) is 7.90. The van der Waals surface area contributed by atoms with E-state index in [1.165, 1.54) is 0 Å². The Bertz CT molecular complexity index is 894. The maximum Gasteiger partial charge on any atom is 0.322 e. The highest BCUT2D eigenvalue weighted by Gasteiger charge is 2.15. The van der Waals surface area contributed by atoms with Crippen molar-refractivity contribution in [3.8, 4) is 11.5 Å². The lowest BCUT2D eigenvalue weighted by Crippen LogP contribution is -2.35. The van der Waals surface area contributed by atoms with Gasteiger partial charge < -0.3 is 19.1 Å². The summed E-state index contributed by atoms with van der Waals surface area (Å²) >= 11 is 0. The molecule has 0 aliphatic carbocycles. The van der Waals surface area contributed by atoms with Crippen molar-refractivity contribution in [1.29, 1.82) is 0 Å². The van der Waals surface area contributed by atoms with Crippen LogP contribution in [0.3, 0.4) is 0 Å². The second-order valence-electron chi connectivity index (χ2n) is 7.19. The van der Waals surface area contributed by atoms with E-state index in [0.717, 1.165) is 24.0 Å². The number of rotatable bonds is 9. The zero-order valence-corrected chi connectivity index (χ0v) is 18.0. The van der Waals surface area contributed by atoms with Gasteiger partial charge in [-0.3, -0.25) is 0 Å². The molecular formula is C21H28N2O5S. The van der Waals surface area contributed by atoms with Gasteiger partial charge in [-0.25, -0.2) is 4.79 Å². The Labute approximate surface area is 172 Å². The van der Waals surface area contributed by atoms with Gasteiger partial charge in [0.1, 0.15) is 11.5 Å². The van der Waals surface area contributed by atoms with Crippen molar-refractivity contribution >= 4 is 21.8 Å². The van der Waals surface area contributed by atoms with Crippen LogP contribution in [0.1, 0.15) is 25.8 Å². The molecule has 0 fully saturated rings. The van der Waals surface area contributed by atoms with Crippen LogP contribution in [0.25, 0.3) is 0 Å². The molecule has 0 heterocycles. The second kappa shape index (κ2) is 10.2. The number of benzene rings is 2. The van der Waals surface area contributed by atoms with Crippen LogP contribution >= 0.6 is 0 Å². The molecule has 7 nitrogen and oxygen atoms in total. The molecule has 0 aromatic heterocycles. The van der Waals surface area contributed by atoms with E-state index in [2.05, 4.69) is 19.2 Å². The number of ether oxygens (including phenoxy) is 1. The van der Waals surface area contributed by atoms with Crippen molar-refractivity contribution in [2.45, 2.75) is 26.8 Å². The SMILES string of the molecule is COc1ccc(NC(=O)N(CCC(C)C)Cc2ccc(OS(C)(=O)=O)cc2)cc1. The normalized spacial score (nSPS) is 11.2. The molecule has 2 aromatic carbocycles. The number of urea groups is 1. The monoisotopic (exact) mass is 420 g/mol. The fraction of sp³-hybridized carbons (Fsp3) is 0.381. The first-order chi connectivity index (χ1) is 13.7. The zero-order valence-electron chi connectivity index (χ0n) is 17.2. The van der Waals surface area contributed by atoms with Crippen LogP contribution in [0.2, 0.25) is 0 Å². The van der Waals surface area contributed by atoms with Crippen LogP contribution in [0, 0.1) is 5.92 Å². The number of amides is 2. The summed E-state index contributed by atoms with van der Waals surface area (Å²) in [5, 5.41) is 2.91. The van der Waals surface area contributed by atoms with Gasteiger partial charge >= 0.3 is 16.1 Å². The molecule has 0 spiro atoms. The standard InChI is InChI=1S/C21H28N2O5S/c1-16(2)13-14-23(21(24)22-18-7-11-19(27-3)12-8-18)15-17-5-9-20(10-6-17)28-29(4,25)26/h5-12,16H,13-15H2,1-4H3,(H,22,24). The summed E-state index contributed by atoms with van der Waals surface area (Å²) in [6, 6.07) is 13.6. The molecule has 1 N–H and O–H groups in total. The van der Waals surface area contributed by atoms with E-state index in [0.29, 0.717) is 24.7 Å². The Morgan fingerprint density at radius 3 is 2.14 bits per heavy atom. The third-order valence-corrected chi connectivity index (χ3v) is 4.64. The van der Waals surface area contributed by atoms with Gasteiger partial charge in [0.25, 0.3) is 0 Å². The van der Waals surface area contributed by atoms with E-state index in [-0.39, 0.29) is 11.8 Å². The summed E-state index contributed by atoms with van der Waals surface area (Å²) < 4.78 is 32.4. The number of anilines is 1. The topological polar surface area (TPSA) is 84.9 Å². The Morgan fingerprint density at radius 2 is 1.62 bits per heavy atom. The molecule has 0 aliphatic rings. The van der Waals surface area contributed by atoms with E-state index in [1.54, 1.807) is 60.5 Å². The smallest absolute Gasteiger partial charge is 0.322 e. The molecule has 0 radical (unpaired) electrons. The average molecular weight is 421 g/mol. The summed E-state index contributed by atoms with van der Waals surface area (Å²) in [7, 11) is -1.98. The van der Waals surface area contributed by atoms with Gasteiger partial charge in [-0.2, -0.15) is 8.42 Å². The number of carbonyl (C=O) groups excluding carboxylic acids is 1. The molecule has 0 saturated carbocycles. The molecule has 0 saturated heterocycles. The van der Waals surface area contributed by atoms with E-state index < -0.39 is 10.1 Å². The van der Waals surface area contributed by atoms with Gasteiger partial charge in [0.2, 0.25) is 0 Å². The fourth-order valence-corrected chi connectivity index (χ4v) is 3.05. The predicted octanol–water partition coefficient (Wildman–Crippen LogP) is 4.11. The van der Waals surface area contributed by atoms with E-state index in [9.17, 15) is 13.2 Å². The van der Waals surface area contributed by atoms with Crippen LogP contribution < -0.4 is 14.2 Å². The number of nitrogens with one attached hydrogen (secondary N) is 1. The minimum atomic E-state index is -3.57. The van der Waals surface area contributed by atoms with Gasteiger partial charge in [0.15, 0.2) is 0 Å². The molecule has 2 rings (SSSR count). The summed E-state index contributed by atoms with van der Waals surface area (Å²) in [6.45, 7) is 5.21. The van der Waals surface area contributed by atoms with Crippen LogP contribution in [-0.4, -0.2) is 39.3 Å². The van der Waals surface area contributed by atoms with E-state index in [1.807, 2.05) is 0 Å². The molecule has 0 atom stereocenters. The van der Waals surface area contributed by atoms with Crippen LogP contribution in [0.4, 0.5) is 10.5 Å². The molecule has 158 valence electrons. The van der Waals surface area contributed by atoms with Crippen molar-refractivity contribution in [3.63, 3.8) is 0 Å². The number of methoxy groups -OCH3 is 1. The Morgan fingerprint density at radius 1 is 1.03 bits per heavy atom. The highest BCUT2D eigenvalue weighted by Crippen LogP contribution is 2.18. The van der Waals surface area contributed by atoms with Crippen molar-refractivity contribution in [2.24, 2.45) is 5.92 Å². The molecule has 2 aromatic rings. The van der Waals surface area contributed by atoms with Crippen molar-refractivity contribution < 1.29 is 22.1 Å². The van der Waals surface area contributed by atoms with Gasteiger partial charge in [0.05, 0.1) is 13.4 Å². The van der Waals surface area contributed by atoms with Gasteiger partial charge in [-0.05, 0) is 54.3 Å². The minimum Gasteiger partial charge on any atom is -0.497 e. The lowest BCUT2D eigenvalue weighted by molar-refractivity contribution is 0.205. The number of hydrogen-bond donors (Lipinski definition) is 1. The maximum atomic E-state index is 12.8. The Hall–Kier alpha value is -2.74. The Balaban J connectivity index is 2.08. The number of carbonyl (C=O) groups is 1. The zero-order chi connectivity index (χ0) is 21.4. The lowest BCUT2D eigenvalue weighted by Gasteiger charge is -2.24. The third kappa shape index (κ3) is 8.03. The molecule has 8 heteroatoms. The van der Waals surface area contributed by atoms with Crippen LogP contribution in [0.15, 0.2) is 48.5 Å². The first-order valence-corrected chi connectivity index (χ1v) is 11.2. The van der Waals surface area contributed by atoms with Crippen LogP contribution in [-0.2, 0) is 16.7 Å². The lowest BCUT2D eigenvalue weighted by atomic mass is 10.1. The molecular weight excluding hydrogens is 392 g/mol. The van der Waals surface area contributed by atoms with E-state index in [4.69, 9.17) is 8.92 Å². The molecule has 0 bridgehead atoms. The van der Waals surface area contributed by atoms with Gasteiger partial charge in [-0.15, -0.1) is 0 Å². The molecule has 2 amide bonds. The largest absolute Gasteiger partial charge is 0.497 e. The maximum absolute atomic E-state index is 12.8. The summed E-state index contributed by atoms with van der Waals surface area (Å²) in [6.07, 6.45) is 1.86. The molecule has 0 unspecified atom stereocenters. The highest BCUT2D eigenvalue weighted by atomic mass is 32.2. The van der Waals surface area contributed by atoms with Crippen molar-refractivity contribution in [2.75, 3.05) is 25.2 Å². The first kappa shape index (κ1) is 22.5. The van der Waals surface area contributed by atoms with Crippen molar-refractivity contribution in [1.82, 2.24) is 4.90 Å². The minimum absolute atomic E-state index is 0.202.